The number of ether oxygens (including phenoxy) is 1. The van der Waals surface area contributed by atoms with Crippen LogP contribution in [0.4, 0.5) is 0 Å². The number of amides is 1. The van der Waals surface area contributed by atoms with Gasteiger partial charge in [-0.05, 0) is 42.7 Å². The van der Waals surface area contributed by atoms with Crippen molar-refractivity contribution in [3.63, 3.8) is 0 Å². The Hall–Kier alpha value is -2.89. The van der Waals surface area contributed by atoms with E-state index in [0.29, 0.717) is 31.6 Å². The van der Waals surface area contributed by atoms with Crippen LogP contribution in [0.5, 0.6) is 5.75 Å². The lowest BCUT2D eigenvalue weighted by Crippen LogP contribution is -2.25. The summed E-state index contributed by atoms with van der Waals surface area (Å²) in [6, 6.07) is 12.8. The molecule has 0 saturated heterocycles. The van der Waals surface area contributed by atoms with Gasteiger partial charge in [-0.25, -0.2) is 4.79 Å². The van der Waals surface area contributed by atoms with Crippen LogP contribution in [0.25, 0.3) is 0 Å². The normalized spacial score (nSPS) is 10.2. The average molecular weight is 328 g/mol. The van der Waals surface area contributed by atoms with Crippen LogP contribution in [0.15, 0.2) is 48.7 Å². The van der Waals surface area contributed by atoms with Crippen LogP contribution in [-0.2, 0) is 22.4 Å². The van der Waals surface area contributed by atoms with Crippen molar-refractivity contribution in [2.45, 2.75) is 19.3 Å². The highest BCUT2D eigenvalue weighted by atomic mass is 16.5. The third-order valence-corrected chi connectivity index (χ3v) is 3.36. The highest BCUT2D eigenvalue weighted by Gasteiger charge is 2.03. The van der Waals surface area contributed by atoms with Gasteiger partial charge < -0.3 is 15.2 Å². The third kappa shape index (κ3) is 6.48. The summed E-state index contributed by atoms with van der Waals surface area (Å²) < 4.78 is 5.06. The summed E-state index contributed by atoms with van der Waals surface area (Å²) in [5.74, 6) is -0.491. The van der Waals surface area contributed by atoms with Gasteiger partial charge in [-0.2, -0.15) is 0 Å². The molecule has 0 atom stereocenters. The van der Waals surface area contributed by atoms with Crippen LogP contribution in [0.3, 0.4) is 0 Å². The molecule has 0 aliphatic carbocycles. The number of rotatable bonds is 9. The Bertz CT molecular complexity index is 656. The molecule has 1 aromatic heterocycles. The van der Waals surface area contributed by atoms with E-state index >= 15 is 0 Å². The van der Waals surface area contributed by atoms with Crippen molar-refractivity contribution in [2.24, 2.45) is 0 Å². The molecule has 6 heteroatoms. The Morgan fingerprint density at radius 1 is 1.08 bits per heavy atom. The largest absolute Gasteiger partial charge is 0.482 e. The van der Waals surface area contributed by atoms with Gasteiger partial charge in [0, 0.05) is 24.9 Å². The van der Waals surface area contributed by atoms with Gasteiger partial charge in [0.2, 0.25) is 5.91 Å². The molecule has 2 aromatic rings. The van der Waals surface area contributed by atoms with E-state index in [4.69, 9.17) is 9.84 Å². The zero-order valence-corrected chi connectivity index (χ0v) is 13.3. The molecule has 1 amide bonds. The van der Waals surface area contributed by atoms with Gasteiger partial charge in [0.15, 0.2) is 6.61 Å². The Morgan fingerprint density at radius 3 is 2.54 bits per heavy atom. The first-order valence-corrected chi connectivity index (χ1v) is 7.73. The number of benzene rings is 1. The van der Waals surface area contributed by atoms with Crippen molar-refractivity contribution >= 4 is 11.9 Å². The number of hydrogen-bond donors (Lipinski definition) is 2. The summed E-state index contributed by atoms with van der Waals surface area (Å²) in [6.07, 6.45) is 3.47. The molecule has 1 heterocycles. The fourth-order valence-corrected chi connectivity index (χ4v) is 2.12. The summed E-state index contributed by atoms with van der Waals surface area (Å²) in [7, 11) is 0. The van der Waals surface area contributed by atoms with Crippen LogP contribution < -0.4 is 10.1 Å². The Labute approximate surface area is 140 Å². The van der Waals surface area contributed by atoms with Gasteiger partial charge in [0.1, 0.15) is 5.75 Å². The Kier molecular flexibility index (Phi) is 6.76. The maximum Gasteiger partial charge on any atom is 0.341 e. The number of carboxylic acid groups (broad SMARTS) is 1. The van der Waals surface area contributed by atoms with Crippen molar-refractivity contribution in [3.8, 4) is 5.75 Å². The molecule has 24 heavy (non-hydrogen) atoms. The number of aromatic nitrogens is 1. The second kappa shape index (κ2) is 9.29. The molecule has 2 rings (SSSR count). The summed E-state index contributed by atoms with van der Waals surface area (Å²) >= 11 is 0. The van der Waals surface area contributed by atoms with Gasteiger partial charge in [0.25, 0.3) is 0 Å². The number of hydrogen-bond acceptors (Lipinski definition) is 4. The van der Waals surface area contributed by atoms with Gasteiger partial charge in [-0.1, -0.05) is 18.2 Å². The lowest BCUT2D eigenvalue weighted by atomic mass is 10.1. The molecule has 0 saturated carbocycles. The van der Waals surface area contributed by atoms with E-state index in [9.17, 15) is 9.59 Å². The zero-order chi connectivity index (χ0) is 17.2. The Balaban J connectivity index is 1.66. The monoisotopic (exact) mass is 328 g/mol. The van der Waals surface area contributed by atoms with Crippen molar-refractivity contribution < 1.29 is 19.4 Å². The molecule has 0 fully saturated rings. The maximum absolute atomic E-state index is 11.8. The summed E-state index contributed by atoms with van der Waals surface area (Å²) in [5.41, 5.74) is 1.95. The number of carboxylic acids is 1. The van der Waals surface area contributed by atoms with E-state index in [1.807, 2.05) is 30.3 Å². The molecule has 0 unspecified atom stereocenters. The maximum atomic E-state index is 11.8. The van der Waals surface area contributed by atoms with Gasteiger partial charge in [-0.15, -0.1) is 0 Å². The number of aryl methyl sites for hydroxylation is 1. The number of aliphatic carboxylic acids is 1. The first kappa shape index (κ1) is 17.5. The van der Waals surface area contributed by atoms with Crippen LogP contribution in [-0.4, -0.2) is 35.1 Å². The second-order valence-electron chi connectivity index (χ2n) is 5.25. The number of carbonyl (C=O) groups excluding carboxylic acids is 1. The lowest BCUT2D eigenvalue weighted by molar-refractivity contribution is -0.139. The first-order valence-electron chi connectivity index (χ1n) is 7.73. The van der Waals surface area contributed by atoms with Crippen LogP contribution >= 0.6 is 0 Å². The first-order chi connectivity index (χ1) is 11.6. The summed E-state index contributed by atoms with van der Waals surface area (Å²) in [4.78, 5) is 26.4. The van der Waals surface area contributed by atoms with Crippen molar-refractivity contribution in [1.82, 2.24) is 10.3 Å². The predicted octanol–water partition coefficient (Wildman–Crippen LogP) is 1.84. The van der Waals surface area contributed by atoms with Gasteiger partial charge >= 0.3 is 5.97 Å². The zero-order valence-electron chi connectivity index (χ0n) is 13.3. The smallest absolute Gasteiger partial charge is 0.341 e. The molecule has 0 spiro atoms. The fraction of sp³-hybridized carbons (Fsp3) is 0.278. The average Bonchev–Trinajstić information content (AvgIpc) is 2.60. The molecule has 0 aliphatic heterocycles. The van der Waals surface area contributed by atoms with E-state index < -0.39 is 5.97 Å². The summed E-state index contributed by atoms with van der Waals surface area (Å²) in [5, 5.41) is 11.4. The molecule has 2 N–H and O–H groups in total. The van der Waals surface area contributed by atoms with E-state index in [-0.39, 0.29) is 12.5 Å². The van der Waals surface area contributed by atoms with Crippen LogP contribution in [0.1, 0.15) is 17.7 Å². The van der Waals surface area contributed by atoms with E-state index in [1.165, 1.54) is 0 Å². The highest BCUT2D eigenvalue weighted by Crippen LogP contribution is 2.12. The lowest BCUT2D eigenvalue weighted by Gasteiger charge is -2.07. The van der Waals surface area contributed by atoms with Crippen LogP contribution in [0.2, 0.25) is 0 Å². The topological polar surface area (TPSA) is 88.5 Å². The predicted molar refractivity (Wildman–Crippen MR) is 88.8 cm³/mol. The Morgan fingerprint density at radius 2 is 1.88 bits per heavy atom. The van der Waals surface area contributed by atoms with E-state index in [1.54, 1.807) is 18.3 Å². The van der Waals surface area contributed by atoms with E-state index in [2.05, 4.69) is 10.3 Å². The van der Waals surface area contributed by atoms with Crippen molar-refractivity contribution in [3.05, 3.63) is 59.9 Å². The minimum Gasteiger partial charge on any atom is -0.482 e. The highest BCUT2D eigenvalue weighted by molar-refractivity contribution is 5.76. The minimum atomic E-state index is -1.01. The molecule has 0 aliphatic rings. The number of nitrogens with zero attached hydrogens (tertiary/aromatic N) is 1. The molecule has 6 nitrogen and oxygen atoms in total. The van der Waals surface area contributed by atoms with Crippen molar-refractivity contribution in [2.75, 3.05) is 13.2 Å². The van der Waals surface area contributed by atoms with Gasteiger partial charge in [0.05, 0.1) is 0 Å². The standard InChI is InChI=1S/C18H20N2O4/c21-17(9-6-15-3-1-2-11-19-15)20-12-10-14-4-7-16(8-5-14)24-13-18(22)23/h1-5,7-8,11H,6,9-10,12-13H2,(H,20,21)(H,22,23). The summed E-state index contributed by atoms with van der Waals surface area (Å²) in [6.45, 7) is 0.196. The molecular weight excluding hydrogens is 308 g/mol. The molecule has 0 radical (unpaired) electrons. The van der Waals surface area contributed by atoms with Crippen molar-refractivity contribution in [1.29, 1.82) is 0 Å². The fourth-order valence-electron chi connectivity index (χ4n) is 2.12. The quantitative estimate of drug-likeness (QED) is 0.733. The second-order valence-corrected chi connectivity index (χ2v) is 5.25. The van der Waals surface area contributed by atoms with E-state index in [0.717, 1.165) is 11.3 Å². The number of nitrogens with one attached hydrogen (secondary N) is 1. The molecule has 0 bridgehead atoms. The van der Waals surface area contributed by atoms with Crippen LogP contribution in [0, 0.1) is 0 Å². The third-order valence-electron chi connectivity index (χ3n) is 3.36. The SMILES string of the molecule is O=C(O)COc1ccc(CCNC(=O)CCc2ccccn2)cc1. The van der Waals surface area contributed by atoms with Gasteiger partial charge in [-0.3, -0.25) is 9.78 Å². The molecule has 1 aromatic carbocycles. The molecular formula is C18H20N2O4. The minimum absolute atomic E-state index is 0.00191. The number of pyridine rings is 1. The number of carbonyl (C=O) groups is 2. The molecule has 126 valence electrons.